The Labute approximate surface area is 74.4 Å². The van der Waals surface area contributed by atoms with Crippen LogP contribution in [0.25, 0.3) is 0 Å². The first-order valence-corrected chi connectivity index (χ1v) is 4.56. The third-order valence-corrected chi connectivity index (χ3v) is 2.54. The van der Waals surface area contributed by atoms with Crippen LogP contribution in [0.1, 0.15) is 13.3 Å². The highest BCUT2D eigenvalue weighted by atomic mass is 15.2. The summed E-state index contributed by atoms with van der Waals surface area (Å²) < 4.78 is 0. The quantitative estimate of drug-likeness (QED) is 0.663. The topological polar surface area (TPSA) is 39.1 Å². The fourth-order valence-corrected chi connectivity index (χ4v) is 1.75. The van der Waals surface area contributed by atoms with Gasteiger partial charge in [0.1, 0.15) is 0 Å². The van der Waals surface area contributed by atoms with Crippen molar-refractivity contribution >= 4 is 0 Å². The van der Waals surface area contributed by atoms with Crippen LogP contribution in [0, 0.1) is 17.2 Å². The van der Waals surface area contributed by atoms with E-state index >= 15 is 0 Å². The van der Waals surface area contributed by atoms with Gasteiger partial charge >= 0.3 is 0 Å². The lowest BCUT2D eigenvalue weighted by atomic mass is 10.1. The van der Waals surface area contributed by atoms with E-state index in [-0.39, 0.29) is 6.04 Å². The molecule has 12 heavy (non-hydrogen) atoms. The van der Waals surface area contributed by atoms with Crippen molar-refractivity contribution in [3.63, 3.8) is 0 Å². The molecule has 1 aliphatic heterocycles. The largest absolute Gasteiger partial charge is 0.319 e. The lowest BCUT2D eigenvalue weighted by Gasteiger charge is -2.17. The number of likely N-dealkylation sites (tertiary alicyclic amines) is 1. The molecule has 1 heterocycles. The van der Waals surface area contributed by atoms with Gasteiger partial charge in [-0.1, -0.05) is 0 Å². The van der Waals surface area contributed by atoms with E-state index in [2.05, 4.69) is 16.3 Å². The number of nitrogens with zero attached hydrogens (tertiary/aromatic N) is 2. The molecule has 1 fully saturated rings. The van der Waals surface area contributed by atoms with Crippen molar-refractivity contribution in [2.75, 3.05) is 26.7 Å². The fraction of sp³-hybridized carbons (Fsp3) is 0.889. The Morgan fingerprint density at radius 1 is 1.75 bits per heavy atom. The molecular weight excluding hydrogens is 150 g/mol. The highest BCUT2D eigenvalue weighted by Gasteiger charge is 2.24. The first kappa shape index (κ1) is 9.50. The average Bonchev–Trinajstić information content (AvgIpc) is 2.52. The van der Waals surface area contributed by atoms with E-state index in [0.29, 0.717) is 0 Å². The van der Waals surface area contributed by atoms with Crippen LogP contribution in [-0.4, -0.2) is 37.6 Å². The molecule has 0 aromatic heterocycles. The van der Waals surface area contributed by atoms with Gasteiger partial charge in [-0.25, -0.2) is 0 Å². The van der Waals surface area contributed by atoms with Crippen molar-refractivity contribution < 1.29 is 0 Å². The fourth-order valence-electron chi connectivity index (χ4n) is 1.75. The molecular formula is C9H17N3. The first-order valence-electron chi connectivity index (χ1n) is 4.56. The van der Waals surface area contributed by atoms with Crippen LogP contribution in [0.5, 0.6) is 0 Å². The van der Waals surface area contributed by atoms with Gasteiger partial charge < -0.3 is 5.32 Å². The molecule has 0 radical (unpaired) electrons. The zero-order valence-corrected chi connectivity index (χ0v) is 7.88. The molecule has 2 atom stereocenters. The summed E-state index contributed by atoms with van der Waals surface area (Å²) in [5.74, 6) is 0.741. The summed E-state index contributed by atoms with van der Waals surface area (Å²) in [6.07, 6.45) is 1.23. The molecule has 3 nitrogen and oxygen atoms in total. The minimum atomic E-state index is 0.0897. The molecule has 1 N–H and O–H groups in total. The van der Waals surface area contributed by atoms with Crippen molar-refractivity contribution in [2.45, 2.75) is 19.4 Å². The van der Waals surface area contributed by atoms with Crippen LogP contribution in [0.15, 0.2) is 0 Å². The summed E-state index contributed by atoms with van der Waals surface area (Å²) in [4.78, 5) is 2.25. The standard InChI is InChI=1S/C9H17N3/c1-8(5-10)12-4-3-9(7-12)6-11-2/h8-9,11H,3-4,6-7H2,1-2H3. The number of hydrogen-bond acceptors (Lipinski definition) is 3. The van der Waals surface area contributed by atoms with Gasteiger partial charge in [-0.2, -0.15) is 5.26 Å². The predicted octanol–water partition coefficient (Wildman–Crippen LogP) is 0.440. The highest BCUT2D eigenvalue weighted by molar-refractivity contribution is 4.91. The summed E-state index contributed by atoms with van der Waals surface area (Å²) in [7, 11) is 1.98. The predicted molar refractivity (Wildman–Crippen MR) is 48.7 cm³/mol. The monoisotopic (exact) mass is 167 g/mol. The second-order valence-corrected chi connectivity index (χ2v) is 3.51. The molecule has 1 aliphatic rings. The molecule has 0 amide bonds. The smallest absolute Gasteiger partial charge is 0.0949 e. The van der Waals surface area contributed by atoms with Gasteiger partial charge in [0.15, 0.2) is 0 Å². The van der Waals surface area contributed by atoms with Crippen LogP contribution in [0.4, 0.5) is 0 Å². The molecule has 0 spiro atoms. The zero-order valence-electron chi connectivity index (χ0n) is 7.88. The van der Waals surface area contributed by atoms with Gasteiger partial charge in [0.05, 0.1) is 12.1 Å². The lowest BCUT2D eigenvalue weighted by molar-refractivity contribution is 0.292. The summed E-state index contributed by atoms with van der Waals surface area (Å²) in [6.45, 7) is 5.22. The SMILES string of the molecule is CNCC1CCN(C(C)C#N)C1. The Balaban J connectivity index is 2.31. The second-order valence-electron chi connectivity index (χ2n) is 3.51. The van der Waals surface area contributed by atoms with Crippen LogP contribution in [0.3, 0.4) is 0 Å². The molecule has 68 valence electrons. The molecule has 0 aliphatic carbocycles. The van der Waals surface area contributed by atoms with E-state index in [9.17, 15) is 0 Å². The Bertz CT molecular complexity index is 173. The van der Waals surface area contributed by atoms with Crippen molar-refractivity contribution in [2.24, 2.45) is 5.92 Å². The number of rotatable bonds is 3. The highest BCUT2D eigenvalue weighted by Crippen LogP contribution is 2.17. The number of hydrogen-bond donors (Lipinski definition) is 1. The van der Waals surface area contributed by atoms with E-state index in [1.165, 1.54) is 6.42 Å². The third-order valence-electron chi connectivity index (χ3n) is 2.54. The minimum Gasteiger partial charge on any atom is -0.319 e. The van der Waals surface area contributed by atoms with Gasteiger partial charge in [0.2, 0.25) is 0 Å². The van der Waals surface area contributed by atoms with Crippen LogP contribution >= 0.6 is 0 Å². The van der Waals surface area contributed by atoms with Crippen LogP contribution in [-0.2, 0) is 0 Å². The Morgan fingerprint density at radius 3 is 3.08 bits per heavy atom. The van der Waals surface area contributed by atoms with Crippen LogP contribution < -0.4 is 5.32 Å². The third kappa shape index (κ3) is 2.20. The molecule has 1 saturated heterocycles. The van der Waals surface area contributed by atoms with E-state index < -0.39 is 0 Å². The minimum absolute atomic E-state index is 0.0897. The van der Waals surface area contributed by atoms with Gasteiger partial charge in [-0.05, 0) is 39.4 Å². The number of nitriles is 1. The maximum Gasteiger partial charge on any atom is 0.0949 e. The maximum absolute atomic E-state index is 8.70. The van der Waals surface area contributed by atoms with E-state index in [0.717, 1.165) is 25.6 Å². The Morgan fingerprint density at radius 2 is 2.50 bits per heavy atom. The maximum atomic E-state index is 8.70. The summed E-state index contributed by atoms with van der Waals surface area (Å²) in [6, 6.07) is 2.36. The summed E-state index contributed by atoms with van der Waals surface area (Å²) >= 11 is 0. The number of nitrogens with one attached hydrogen (secondary N) is 1. The van der Waals surface area contributed by atoms with Crippen molar-refractivity contribution in [1.82, 2.24) is 10.2 Å². The van der Waals surface area contributed by atoms with Gasteiger partial charge in [0.25, 0.3) is 0 Å². The molecule has 3 heteroatoms. The Hall–Kier alpha value is -0.590. The van der Waals surface area contributed by atoms with E-state index in [1.807, 2.05) is 14.0 Å². The van der Waals surface area contributed by atoms with E-state index in [4.69, 9.17) is 5.26 Å². The van der Waals surface area contributed by atoms with Crippen LogP contribution in [0.2, 0.25) is 0 Å². The molecule has 1 rings (SSSR count). The summed E-state index contributed by atoms with van der Waals surface area (Å²) in [5, 5.41) is 11.9. The van der Waals surface area contributed by atoms with E-state index in [1.54, 1.807) is 0 Å². The summed E-state index contributed by atoms with van der Waals surface area (Å²) in [5.41, 5.74) is 0. The lowest BCUT2D eigenvalue weighted by Crippen LogP contribution is -2.31. The molecule has 0 aromatic rings. The van der Waals surface area contributed by atoms with Crippen molar-refractivity contribution in [3.05, 3.63) is 0 Å². The second kappa shape index (κ2) is 4.44. The first-order chi connectivity index (χ1) is 5.77. The Kier molecular flexibility index (Phi) is 3.51. The molecule has 2 unspecified atom stereocenters. The molecule has 0 bridgehead atoms. The van der Waals surface area contributed by atoms with Crippen molar-refractivity contribution in [3.8, 4) is 6.07 Å². The average molecular weight is 167 g/mol. The molecule has 0 aromatic carbocycles. The van der Waals surface area contributed by atoms with Crippen molar-refractivity contribution in [1.29, 1.82) is 5.26 Å². The molecule has 0 saturated carbocycles. The van der Waals surface area contributed by atoms with Gasteiger partial charge in [0, 0.05) is 6.54 Å². The van der Waals surface area contributed by atoms with Gasteiger partial charge in [-0.3, -0.25) is 4.90 Å². The van der Waals surface area contributed by atoms with Gasteiger partial charge in [-0.15, -0.1) is 0 Å². The zero-order chi connectivity index (χ0) is 8.97. The normalized spacial score (nSPS) is 26.9.